The molecule has 0 bridgehead atoms. The molecule has 1 aromatic heterocycles. The molecule has 1 fully saturated rings. The molecule has 164 valence electrons. The molecule has 0 radical (unpaired) electrons. The summed E-state index contributed by atoms with van der Waals surface area (Å²) in [5.74, 6) is -1.16. The van der Waals surface area contributed by atoms with E-state index >= 15 is 0 Å². The van der Waals surface area contributed by atoms with Gasteiger partial charge in [-0.05, 0) is 48.5 Å². The van der Waals surface area contributed by atoms with Crippen LogP contribution in [0.15, 0.2) is 53.6 Å². The Kier molecular flexibility index (Phi) is 6.33. The predicted molar refractivity (Wildman–Crippen MR) is 127 cm³/mol. The molecular formula is C23H18Cl2N2O4S. The Morgan fingerprint density at radius 1 is 1.16 bits per heavy atom. The van der Waals surface area contributed by atoms with Crippen LogP contribution in [0, 0.1) is 0 Å². The minimum atomic E-state index is -0.991. The Hall–Kier alpha value is -2.74. The fraction of sp³-hybridized carbons (Fsp3) is 0.174. The molecule has 0 spiro atoms. The highest BCUT2D eigenvalue weighted by atomic mass is 35.5. The largest absolute Gasteiger partial charge is 0.467 e. The van der Waals surface area contributed by atoms with E-state index in [1.54, 1.807) is 12.1 Å². The smallest absolute Gasteiger partial charge is 0.328 e. The van der Waals surface area contributed by atoms with Crippen molar-refractivity contribution in [2.45, 2.75) is 19.5 Å². The Morgan fingerprint density at radius 3 is 2.62 bits per heavy atom. The summed E-state index contributed by atoms with van der Waals surface area (Å²) in [6, 6.07) is 12.3. The highest BCUT2D eigenvalue weighted by Gasteiger charge is 2.41. The van der Waals surface area contributed by atoms with Crippen LogP contribution < -0.4 is 0 Å². The molecule has 2 aromatic carbocycles. The number of carbonyl (C=O) groups is 3. The molecule has 2 amide bonds. The van der Waals surface area contributed by atoms with Crippen molar-refractivity contribution in [3.63, 3.8) is 0 Å². The summed E-state index contributed by atoms with van der Waals surface area (Å²) in [6.07, 6.45) is 3.60. The molecule has 32 heavy (non-hydrogen) atoms. The number of hydrogen-bond acceptors (Lipinski definition) is 5. The molecular weight excluding hydrogens is 471 g/mol. The monoisotopic (exact) mass is 488 g/mol. The summed E-state index contributed by atoms with van der Waals surface area (Å²) in [7, 11) is 1.22. The van der Waals surface area contributed by atoms with Gasteiger partial charge in [0.2, 0.25) is 0 Å². The zero-order chi connectivity index (χ0) is 23.0. The first-order chi connectivity index (χ1) is 15.3. The summed E-state index contributed by atoms with van der Waals surface area (Å²) in [4.78, 5) is 38.3. The van der Waals surface area contributed by atoms with Gasteiger partial charge in [0, 0.05) is 29.2 Å². The van der Waals surface area contributed by atoms with Crippen LogP contribution in [-0.2, 0) is 20.9 Å². The molecule has 2 heterocycles. The number of fused-ring (bicyclic) bond motifs is 1. The lowest BCUT2D eigenvalue weighted by atomic mass is 10.1. The van der Waals surface area contributed by atoms with E-state index in [-0.39, 0.29) is 4.91 Å². The number of methoxy groups -OCH3 is 1. The van der Waals surface area contributed by atoms with Gasteiger partial charge in [0.1, 0.15) is 6.04 Å². The number of imide groups is 1. The summed E-state index contributed by atoms with van der Waals surface area (Å²) >= 11 is 13.0. The molecule has 0 saturated carbocycles. The first-order valence-electron chi connectivity index (χ1n) is 9.67. The molecule has 1 aliphatic rings. The lowest BCUT2D eigenvalue weighted by molar-refractivity contribution is -0.148. The van der Waals surface area contributed by atoms with Gasteiger partial charge in [0.05, 0.1) is 22.1 Å². The molecule has 6 nitrogen and oxygen atoms in total. The Labute approximate surface area is 198 Å². The van der Waals surface area contributed by atoms with Crippen molar-refractivity contribution in [1.82, 2.24) is 9.47 Å². The van der Waals surface area contributed by atoms with Crippen LogP contribution in [0.25, 0.3) is 17.0 Å². The van der Waals surface area contributed by atoms with Crippen LogP contribution in [-0.4, -0.2) is 39.7 Å². The SMILES string of the molecule is COC(=O)[C@H](C)N1C(=O)S/C(=C/c2cn(Cc3ccc(Cl)c(Cl)c3)c3ccccc23)C1=O. The Morgan fingerprint density at radius 2 is 1.91 bits per heavy atom. The van der Waals surface area contributed by atoms with Gasteiger partial charge in [0.25, 0.3) is 11.1 Å². The van der Waals surface area contributed by atoms with Gasteiger partial charge in [-0.2, -0.15) is 0 Å². The summed E-state index contributed by atoms with van der Waals surface area (Å²) in [6.45, 7) is 2.01. The van der Waals surface area contributed by atoms with Crippen LogP contribution >= 0.6 is 35.0 Å². The molecule has 3 aromatic rings. The number of para-hydroxylation sites is 1. The number of amides is 2. The van der Waals surface area contributed by atoms with Gasteiger partial charge in [-0.25, -0.2) is 4.79 Å². The molecule has 1 aliphatic heterocycles. The Bertz CT molecular complexity index is 1280. The number of rotatable bonds is 5. The predicted octanol–water partition coefficient (Wildman–Crippen LogP) is 5.59. The number of carbonyl (C=O) groups excluding carboxylic acids is 3. The van der Waals surface area contributed by atoms with Crippen molar-refractivity contribution in [2.75, 3.05) is 7.11 Å². The van der Waals surface area contributed by atoms with Gasteiger partial charge < -0.3 is 9.30 Å². The molecule has 0 aliphatic carbocycles. The van der Waals surface area contributed by atoms with Gasteiger partial charge in [-0.3, -0.25) is 14.5 Å². The maximum atomic E-state index is 12.9. The van der Waals surface area contributed by atoms with Crippen LogP contribution in [0.1, 0.15) is 18.1 Å². The maximum Gasteiger partial charge on any atom is 0.328 e. The molecule has 1 saturated heterocycles. The topological polar surface area (TPSA) is 68.6 Å². The minimum absolute atomic E-state index is 0.253. The standard InChI is InChI=1S/C23H18Cl2N2O4S/c1-13(22(29)31-2)27-21(28)20(32-23(27)30)10-15-12-26(19-6-4-3-5-16(15)19)11-14-7-8-17(24)18(25)9-14/h3-10,12-13H,11H2,1-2H3/b20-10+/t13-/m0/s1. The third kappa shape index (κ3) is 4.16. The van der Waals surface area contributed by atoms with Crippen LogP contribution in [0.3, 0.4) is 0 Å². The van der Waals surface area contributed by atoms with Crippen LogP contribution in [0.5, 0.6) is 0 Å². The van der Waals surface area contributed by atoms with Gasteiger partial charge >= 0.3 is 5.97 Å². The second-order valence-electron chi connectivity index (χ2n) is 7.23. The van der Waals surface area contributed by atoms with E-state index in [2.05, 4.69) is 4.74 Å². The zero-order valence-corrected chi connectivity index (χ0v) is 19.5. The van der Waals surface area contributed by atoms with E-state index in [4.69, 9.17) is 23.2 Å². The first kappa shape index (κ1) is 22.5. The lowest BCUT2D eigenvalue weighted by Crippen LogP contribution is -2.42. The number of ether oxygens (including phenoxy) is 1. The number of hydrogen-bond donors (Lipinski definition) is 0. The van der Waals surface area contributed by atoms with E-state index in [1.807, 2.05) is 47.2 Å². The summed E-state index contributed by atoms with van der Waals surface area (Å²) in [5.41, 5.74) is 2.72. The van der Waals surface area contributed by atoms with E-state index in [0.29, 0.717) is 16.6 Å². The van der Waals surface area contributed by atoms with Crippen LogP contribution in [0.4, 0.5) is 4.79 Å². The molecule has 1 atom stereocenters. The van der Waals surface area contributed by atoms with Crippen molar-refractivity contribution >= 4 is 69.1 Å². The van der Waals surface area contributed by atoms with Crippen molar-refractivity contribution in [1.29, 1.82) is 0 Å². The second kappa shape index (κ2) is 9.02. The van der Waals surface area contributed by atoms with Gasteiger partial charge in [-0.15, -0.1) is 0 Å². The fourth-order valence-corrected chi connectivity index (χ4v) is 4.81. The third-order valence-electron chi connectivity index (χ3n) is 5.20. The molecule has 9 heteroatoms. The summed E-state index contributed by atoms with van der Waals surface area (Å²) in [5, 5.41) is 1.40. The Balaban J connectivity index is 1.70. The average molecular weight is 489 g/mol. The number of benzene rings is 2. The number of aromatic nitrogens is 1. The fourth-order valence-electron chi connectivity index (χ4n) is 3.59. The molecule has 0 unspecified atom stereocenters. The third-order valence-corrected chi connectivity index (χ3v) is 6.82. The maximum absolute atomic E-state index is 12.9. The number of nitrogens with zero attached hydrogens (tertiary/aromatic N) is 2. The van der Waals surface area contributed by atoms with E-state index < -0.39 is 23.2 Å². The lowest BCUT2D eigenvalue weighted by Gasteiger charge is -2.18. The van der Waals surface area contributed by atoms with E-state index in [0.717, 1.165) is 38.7 Å². The summed E-state index contributed by atoms with van der Waals surface area (Å²) < 4.78 is 6.72. The van der Waals surface area contributed by atoms with E-state index in [9.17, 15) is 14.4 Å². The van der Waals surface area contributed by atoms with Crippen molar-refractivity contribution in [2.24, 2.45) is 0 Å². The minimum Gasteiger partial charge on any atom is -0.467 e. The molecule has 0 N–H and O–H groups in total. The van der Waals surface area contributed by atoms with Gasteiger partial charge in [0.15, 0.2) is 0 Å². The zero-order valence-electron chi connectivity index (χ0n) is 17.2. The highest BCUT2D eigenvalue weighted by molar-refractivity contribution is 8.18. The van der Waals surface area contributed by atoms with Gasteiger partial charge in [-0.1, -0.05) is 47.5 Å². The second-order valence-corrected chi connectivity index (χ2v) is 9.04. The molecule has 4 rings (SSSR count). The number of esters is 1. The van der Waals surface area contributed by atoms with E-state index in [1.165, 1.54) is 14.0 Å². The number of halogens is 2. The normalized spacial score (nSPS) is 16.2. The van der Waals surface area contributed by atoms with Crippen molar-refractivity contribution in [3.8, 4) is 0 Å². The van der Waals surface area contributed by atoms with Crippen molar-refractivity contribution < 1.29 is 19.1 Å². The average Bonchev–Trinajstić information content (AvgIpc) is 3.26. The van der Waals surface area contributed by atoms with Crippen molar-refractivity contribution in [3.05, 3.63) is 74.7 Å². The highest BCUT2D eigenvalue weighted by Crippen LogP contribution is 2.35. The number of thioether (sulfide) groups is 1. The van der Waals surface area contributed by atoms with Crippen LogP contribution in [0.2, 0.25) is 10.0 Å². The first-order valence-corrected chi connectivity index (χ1v) is 11.2. The quantitative estimate of drug-likeness (QED) is 0.345.